The Hall–Kier alpha value is -2.09. The topological polar surface area (TPSA) is 77.0 Å². The third-order valence-corrected chi connectivity index (χ3v) is 6.78. The number of alkyl halides is 3. The van der Waals surface area contributed by atoms with Crippen molar-refractivity contribution in [3.63, 3.8) is 0 Å². The largest absolute Gasteiger partial charge is 0.419 e. The summed E-state index contributed by atoms with van der Waals surface area (Å²) >= 11 is 0. The molecule has 2 aromatic rings. The van der Waals surface area contributed by atoms with Crippen LogP contribution in [0.2, 0.25) is 0 Å². The fourth-order valence-electron chi connectivity index (χ4n) is 4.96. The minimum Gasteiger partial charge on any atom is -0.385 e. The monoisotopic (exact) mass is 422 g/mol. The van der Waals surface area contributed by atoms with Gasteiger partial charge in [0.1, 0.15) is 17.7 Å². The lowest BCUT2D eigenvalue weighted by Crippen LogP contribution is -2.51. The summed E-state index contributed by atoms with van der Waals surface area (Å²) in [7, 11) is 0. The van der Waals surface area contributed by atoms with Gasteiger partial charge in [-0.05, 0) is 55.9 Å². The number of aliphatic hydroxyl groups excluding tert-OH is 1. The van der Waals surface area contributed by atoms with E-state index in [2.05, 4.69) is 9.97 Å². The minimum atomic E-state index is -4.58. The third-order valence-electron chi connectivity index (χ3n) is 6.78. The van der Waals surface area contributed by atoms with E-state index in [0.717, 1.165) is 24.8 Å². The molecule has 2 bridgehead atoms. The number of aliphatic hydroxyl groups is 1. The summed E-state index contributed by atoms with van der Waals surface area (Å²) in [5.41, 5.74) is 5.70. The molecule has 0 spiro atoms. The third kappa shape index (κ3) is 4.06. The van der Waals surface area contributed by atoms with E-state index in [1.165, 1.54) is 38.3 Å². The number of aryl methyl sites for hydroxylation is 1. The van der Waals surface area contributed by atoms with E-state index in [1.54, 1.807) is 6.20 Å². The van der Waals surface area contributed by atoms with Crippen LogP contribution in [0.1, 0.15) is 75.8 Å². The molecule has 3 aliphatic rings. The summed E-state index contributed by atoms with van der Waals surface area (Å²) in [5.74, 6) is 0.939. The molecule has 0 amide bonds. The first-order valence-corrected chi connectivity index (χ1v) is 10.8. The molecule has 3 N–H and O–H groups in total. The van der Waals surface area contributed by atoms with Gasteiger partial charge in [-0.2, -0.15) is 13.2 Å². The van der Waals surface area contributed by atoms with Crippen molar-refractivity contribution in [3.05, 3.63) is 29.8 Å². The Morgan fingerprint density at radius 2 is 2.00 bits per heavy atom. The van der Waals surface area contributed by atoms with E-state index in [-0.39, 0.29) is 5.56 Å². The van der Waals surface area contributed by atoms with Crippen molar-refractivity contribution in [2.75, 3.05) is 5.73 Å². The molecule has 5 rings (SSSR count). The van der Waals surface area contributed by atoms with Gasteiger partial charge in [0.25, 0.3) is 0 Å². The van der Waals surface area contributed by atoms with Crippen molar-refractivity contribution < 1.29 is 18.3 Å². The van der Waals surface area contributed by atoms with Crippen LogP contribution in [-0.4, -0.2) is 19.6 Å². The fourth-order valence-corrected chi connectivity index (χ4v) is 4.96. The van der Waals surface area contributed by atoms with Crippen LogP contribution in [-0.2, 0) is 12.7 Å². The second-order valence-electron chi connectivity index (χ2n) is 9.05. The minimum absolute atomic E-state index is 0.239. The van der Waals surface area contributed by atoms with Crippen molar-refractivity contribution >= 4 is 5.82 Å². The molecule has 5 nitrogen and oxygen atoms in total. The first-order valence-electron chi connectivity index (χ1n) is 10.8. The lowest BCUT2D eigenvalue weighted by atomic mass is 9.43. The highest BCUT2D eigenvalue weighted by atomic mass is 19.4. The lowest BCUT2D eigenvalue weighted by molar-refractivity contribution is -0.137. The van der Waals surface area contributed by atoms with Crippen LogP contribution < -0.4 is 5.73 Å². The number of pyridine rings is 1. The van der Waals surface area contributed by atoms with E-state index in [4.69, 9.17) is 5.73 Å². The number of nitrogens with zero attached hydrogens (tertiary/aromatic N) is 3. The van der Waals surface area contributed by atoms with Gasteiger partial charge in [-0.15, -0.1) is 0 Å². The van der Waals surface area contributed by atoms with Crippen LogP contribution in [0.4, 0.5) is 19.0 Å². The van der Waals surface area contributed by atoms with Gasteiger partial charge in [-0.3, -0.25) is 0 Å². The molecule has 30 heavy (non-hydrogen) atoms. The van der Waals surface area contributed by atoms with Crippen LogP contribution in [0, 0.1) is 11.3 Å². The van der Waals surface area contributed by atoms with E-state index in [9.17, 15) is 18.3 Å². The van der Waals surface area contributed by atoms with Crippen molar-refractivity contribution in [2.45, 2.75) is 77.1 Å². The van der Waals surface area contributed by atoms with Crippen LogP contribution in [0.15, 0.2) is 18.5 Å². The number of imidazole rings is 1. The first kappa shape index (κ1) is 21.2. The summed E-state index contributed by atoms with van der Waals surface area (Å²) in [5, 5.41) is 10.4. The number of halogens is 3. The molecule has 0 saturated heterocycles. The molecular weight excluding hydrogens is 393 g/mol. The van der Waals surface area contributed by atoms with Gasteiger partial charge in [0, 0.05) is 24.5 Å². The summed E-state index contributed by atoms with van der Waals surface area (Å²) < 4.78 is 41.4. The Morgan fingerprint density at radius 1 is 1.27 bits per heavy atom. The maximum absolute atomic E-state index is 13.2. The van der Waals surface area contributed by atoms with Gasteiger partial charge in [-0.25, -0.2) is 9.97 Å². The van der Waals surface area contributed by atoms with Crippen LogP contribution in [0.25, 0.3) is 11.3 Å². The highest BCUT2D eigenvalue weighted by Crippen LogP contribution is 2.66. The van der Waals surface area contributed by atoms with Crippen LogP contribution in [0.5, 0.6) is 0 Å². The number of unbranched alkanes of at least 4 members (excludes halogenated alkanes) is 2. The number of anilines is 1. The molecular formula is C22H29F3N4O. The van der Waals surface area contributed by atoms with E-state index >= 15 is 0 Å². The Kier molecular flexibility index (Phi) is 5.55. The molecule has 3 fully saturated rings. The molecule has 164 valence electrons. The van der Waals surface area contributed by atoms with Gasteiger partial charge in [0.15, 0.2) is 0 Å². The molecule has 0 radical (unpaired) electrons. The SMILES string of the molecule is CCC(O)c1nc(-c2cnc(N)c(C(F)(F)F)c2)cn1CCCCCC12CC(C1)C2. The molecule has 2 aromatic heterocycles. The zero-order valence-corrected chi connectivity index (χ0v) is 17.3. The maximum atomic E-state index is 13.2. The highest BCUT2D eigenvalue weighted by molar-refractivity contribution is 5.62. The van der Waals surface area contributed by atoms with E-state index in [1.807, 2.05) is 11.5 Å². The molecule has 8 heteroatoms. The fraction of sp³-hybridized carbons (Fsp3) is 0.636. The van der Waals surface area contributed by atoms with E-state index in [0.29, 0.717) is 29.9 Å². The molecule has 0 aliphatic heterocycles. The Balaban J connectivity index is 1.45. The molecule has 2 heterocycles. The highest BCUT2D eigenvalue weighted by Gasteiger charge is 2.55. The van der Waals surface area contributed by atoms with Gasteiger partial charge in [-0.1, -0.05) is 19.8 Å². The summed E-state index contributed by atoms with van der Waals surface area (Å²) in [4.78, 5) is 8.13. The number of hydrogen-bond donors (Lipinski definition) is 2. The van der Waals surface area contributed by atoms with Crippen molar-refractivity contribution in [2.24, 2.45) is 11.3 Å². The van der Waals surface area contributed by atoms with Crippen LogP contribution >= 0.6 is 0 Å². The number of rotatable bonds is 9. The van der Waals surface area contributed by atoms with E-state index < -0.39 is 23.7 Å². The Morgan fingerprint density at radius 3 is 2.60 bits per heavy atom. The quantitative estimate of drug-likeness (QED) is 0.534. The number of nitrogen functional groups attached to an aromatic ring is 1. The lowest BCUT2D eigenvalue weighted by Gasteiger charge is -2.62. The summed E-state index contributed by atoms with van der Waals surface area (Å²) in [6.07, 6.45) is 6.96. The Labute approximate surface area is 174 Å². The first-order chi connectivity index (χ1) is 14.2. The second-order valence-corrected chi connectivity index (χ2v) is 9.05. The normalized spacial score (nSPS) is 23.7. The average molecular weight is 422 g/mol. The maximum Gasteiger partial charge on any atom is 0.419 e. The van der Waals surface area contributed by atoms with Crippen molar-refractivity contribution in [1.29, 1.82) is 0 Å². The number of aromatic nitrogens is 3. The smallest absolute Gasteiger partial charge is 0.385 e. The van der Waals surface area contributed by atoms with Crippen molar-refractivity contribution in [3.8, 4) is 11.3 Å². The molecule has 3 aliphatic carbocycles. The molecule has 0 aromatic carbocycles. The summed E-state index contributed by atoms with van der Waals surface area (Å²) in [6.45, 7) is 2.53. The standard InChI is InChI=1S/C22H29F3N4O/c1-2-18(30)20-28-17(15-8-16(22(23,24)25)19(26)27-12-15)13-29(20)7-5-3-4-6-21-9-14(10-21)11-21/h8,12-14,18,30H,2-7,9-11H2,1H3,(H2,26,27). The zero-order chi connectivity index (χ0) is 21.5. The van der Waals surface area contributed by atoms with Crippen LogP contribution in [0.3, 0.4) is 0 Å². The average Bonchev–Trinajstić information content (AvgIpc) is 3.05. The van der Waals surface area contributed by atoms with Gasteiger partial charge < -0.3 is 15.4 Å². The van der Waals surface area contributed by atoms with Gasteiger partial charge >= 0.3 is 6.18 Å². The number of hydrogen-bond acceptors (Lipinski definition) is 4. The van der Waals surface area contributed by atoms with Gasteiger partial charge in [0.05, 0.1) is 11.3 Å². The second kappa shape index (κ2) is 7.87. The van der Waals surface area contributed by atoms with Gasteiger partial charge in [0.2, 0.25) is 0 Å². The zero-order valence-electron chi connectivity index (χ0n) is 17.3. The molecule has 1 unspecified atom stereocenters. The predicted molar refractivity (Wildman–Crippen MR) is 108 cm³/mol. The predicted octanol–water partition coefficient (Wildman–Crippen LogP) is 5.35. The molecule has 3 saturated carbocycles. The number of nitrogens with two attached hydrogens (primary N) is 1. The van der Waals surface area contributed by atoms with Crippen molar-refractivity contribution in [1.82, 2.24) is 14.5 Å². The molecule has 1 atom stereocenters. The summed E-state index contributed by atoms with van der Waals surface area (Å²) in [6, 6.07) is 0.973. The Bertz CT molecular complexity index is 891.